The van der Waals surface area contributed by atoms with Crippen LogP contribution in [0.1, 0.15) is 84.9 Å². The number of ether oxygens (including phenoxy) is 1. The van der Waals surface area contributed by atoms with E-state index in [2.05, 4.69) is 24.4 Å². The molecule has 0 aliphatic carbocycles. The summed E-state index contributed by atoms with van der Waals surface area (Å²) in [4.78, 5) is 15.8. The summed E-state index contributed by atoms with van der Waals surface area (Å²) in [5.41, 5.74) is 1.74. The molecule has 0 saturated carbocycles. The lowest BCUT2D eigenvalue weighted by Gasteiger charge is -2.26. The highest BCUT2D eigenvalue weighted by Gasteiger charge is 2.15. The molecule has 190 valence electrons. The summed E-state index contributed by atoms with van der Waals surface area (Å²) < 4.78 is 7.65. The van der Waals surface area contributed by atoms with Gasteiger partial charge in [-0.25, -0.2) is 9.97 Å². The molecule has 3 rings (SSSR count). The maximum Gasteiger partial charge on any atom is 0.225 e. The number of halogens is 1. The van der Waals surface area contributed by atoms with Gasteiger partial charge in [-0.05, 0) is 44.2 Å². The van der Waals surface area contributed by atoms with Crippen molar-refractivity contribution in [3.63, 3.8) is 0 Å². The predicted molar refractivity (Wildman–Crippen MR) is 144 cm³/mol. The second-order valence-corrected chi connectivity index (χ2v) is 8.90. The average molecular weight is 500 g/mol. The number of nitrogens with zero attached hydrogens (tertiary/aromatic N) is 5. The number of thioether (sulfide) groups is 1. The van der Waals surface area contributed by atoms with Gasteiger partial charge in [-0.2, -0.15) is 4.98 Å². The molecule has 0 spiro atoms. The largest absolute Gasteiger partial charge is 0.379 e. The van der Waals surface area contributed by atoms with Crippen LogP contribution in [0.2, 0.25) is 5.28 Å². The number of aryl methyl sites for hydroxylation is 2. The Morgan fingerprint density at radius 2 is 1.36 bits per heavy atom. The molecule has 0 bridgehead atoms. The SMILES string of the molecule is CC.CC.CSc1nc(Cl)nc2nc(C)n(CCCCCCCCCCN3CCOCC3)c12. The molecule has 1 aliphatic rings. The van der Waals surface area contributed by atoms with Gasteiger partial charge in [0.25, 0.3) is 0 Å². The lowest BCUT2D eigenvalue weighted by Crippen LogP contribution is -2.36. The first-order valence-corrected chi connectivity index (χ1v) is 14.5. The molecule has 8 heteroatoms. The molecular formula is C25H46ClN5OS. The summed E-state index contributed by atoms with van der Waals surface area (Å²) in [5.74, 6) is 0.993. The minimum atomic E-state index is 0.274. The zero-order valence-electron chi connectivity index (χ0n) is 21.8. The minimum absolute atomic E-state index is 0.274. The maximum absolute atomic E-state index is 6.02. The Bertz CT molecular complexity index is 765. The monoisotopic (exact) mass is 499 g/mol. The van der Waals surface area contributed by atoms with Gasteiger partial charge in [0.05, 0.1) is 13.2 Å². The molecule has 0 atom stereocenters. The van der Waals surface area contributed by atoms with E-state index < -0.39 is 0 Å². The maximum atomic E-state index is 6.02. The molecule has 3 heterocycles. The normalized spacial score (nSPS) is 13.9. The van der Waals surface area contributed by atoms with Crippen LogP contribution < -0.4 is 0 Å². The van der Waals surface area contributed by atoms with E-state index in [1.165, 1.54) is 57.9 Å². The Labute approximate surface area is 211 Å². The number of fused-ring (bicyclic) bond motifs is 1. The van der Waals surface area contributed by atoms with Crippen LogP contribution in [0.15, 0.2) is 5.03 Å². The third kappa shape index (κ3) is 10.5. The van der Waals surface area contributed by atoms with E-state index in [1.54, 1.807) is 11.8 Å². The number of hydrogen-bond donors (Lipinski definition) is 0. The van der Waals surface area contributed by atoms with Crippen LogP contribution >= 0.6 is 23.4 Å². The molecule has 0 N–H and O–H groups in total. The summed E-state index contributed by atoms with van der Waals surface area (Å²) in [6.07, 6.45) is 12.5. The first-order valence-electron chi connectivity index (χ1n) is 12.9. The number of unbranched alkanes of at least 4 members (excludes halogenated alkanes) is 7. The molecular weight excluding hydrogens is 454 g/mol. The fourth-order valence-corrected chi connectivity index (χ4v) is 4.78. The van der Waals surface area contributed by atoms with Crippen LogP contribution in [0, 0.1) is 6.92 Å². The van der Waals surface area contributed by atoms with Crippen molar-refractivity contribution >= 4 is 34.5 Å². The quantitative estimate of drug-likeness (QED) is 0.135. The van der Waals surface area contributed by atoms with Gasteiger partial charge in [-0.15, -0.1) is 11.8 Å². The Hall–Kier alpha value is -0.890. The Morgan fingerprint density at radius 3 is 1.94 bits per heavy atom. The van der Waals surface area contributed by atoms with Crippen molar-refractivity contribution in [1.29, 1.82) is 0 Å². The molecule has 2 aromatic rings. The molecule has 33 heavy (non-hydrogen) atoms. The van der Waals surface area contributed by atoms with E-state index in [-0.39, 0.29) is 5.28 Å². The number of hydrogen-bond acceptors (Lipinski definition) is 6. The number of imidazole rings is 1. The number of rotatable bonds is 12. The second kappa shape index (κ2) is 18.4. The molecule has 0 unspecified atom stereocenters. The van der Waals surface area contributed by atoms with Gasteiger partial charge < -0.3 is 9.30 Å². The Balaban J connectivity index is 0.00000129. The predicted octanol–water partition coefficient (Wildman–Crippen LogP) is 7.02. The van der Waals surface area contributed by atoms with Crippen LogP contribution in [0.25, 0.3) is 11.2 Å². The molecule has 1 saturated heterocycles. The molecule has 2 aromatic heterocycles. The van der Waals surface area contributed by atoms with E-state index in [0.29, 0.717) is 5.65 Å². The summed E-state index contributed by atoms with van der Waals surface area (Å²) in [5, 5.41) is 1.19. The topological polar surface area (TPSA) is 56.1 Å². The van der Waals surface area contributed by atoms with Gasteiger partial charge >= 0.3 is 0 Å². The average Bonchev–Trinajstić information content (AvgIpc) is 3.17. The van der Waals surface area contributed by atoms with Crippen LogP contribution in [0.4, 0.5) is 0 Å². The minimum Gasteiger partial charge on any atom is -0.379 e. The fourth-order valence-electron chi connectivity index (χ4n) is 3.99. The third-order valence-corrected chi connectivity index (χ3v) is 6.48. The lowest BCUT2D eigenvalue weighted by molar-refractivity contribution is 0.0371. The second-order valence-electron chi connectivity index (χ2n) is 7.77. The first kappa shape index (κ1) is 30.1. The van der Waals surface area contributed by atoms with Crippen molar-refractivity contribution in [3.8, 4) is 0 Å². The van der Waals surface area contributed by atoms with E-state index in [9.17, 15) is 0 Å². The standard InChI is InChI=1S/C21H34ClN5OS.2C2H6/c1-17-23-19-18(20(29-2)25-21(22)24-19)27(17)12-10-8-6-4-3-5-7-9-11-26-13-15-28-16-14-26;2*1-2/h3-16H2,1-2H3;2*1-2H3. The molecule has 0 amide bonds. The molecule has 1 aliphatic heterocycles. The Morgan fingerprint density at radius 1 is 0.818 bits per heavy atom. The van der Waals surface area contributed by atoms with Crippen LogP contribution in [0.3, 0.4) is 0 Å². The van der Waals surface area contributed by atoms with Crippen molar-refractivity contribution in [3.05, 3.63) is 11.1 Å². The van der Waals surface area contributed by atoms with Crippen molar-refractivity contribution in [2.24, 2.45) is 0 Å². The van der Waals surface area contributed by atoms with Gasteiger partial charge in [0.2, 0.25) is 5.28 Å². The smallest absolute Gasteiger partial charge is 0.225 e. The van der Waals surface area contributed by atoms with Gasteiger partial charge in [0.1, 0.15) is 16.4 Å². The van der Waals surface area contributed by atoms with E-state index >= 15 is 0 Å². The Kier molecular flexibility index (Phi) is 16.8. The zero-order chi connectivity index (χ0) is 24.5. The van der Waals surface area contributed by atoms with Gasteiger partial charge in [0, 0.05) is 19.6 Å². The van der Waals surface area contributed by atoms with Crippen molar-refractivity contribution in [2.45, 2.75) is 97.6 Å². The van der Waals surface area contributed by atoms with Crippen LogP contribution in [-0.2, 0) is 11.3 Å². The summed E-state index contributed by atoms with van der Waals surface area (Å²) in [7, 11) is 0. The third-order valence-electron chi connectivity index (χ3n) is 5.64. The molecule has 1 fully saturated rings. The highest BCUT2D eigenvalue weighted by Crippen LogP contribution is 2.26. The number of aromatic nitrogens is 4. The number of morpholine rings is 1. The first-order chi connectivity index (χ1) is 16.2. The summed E-state index contributed by atoms with van der Waals surface area (Å²) >= 11 is 7.62. The van der Waals surface area contributed by atoms with Crippen molar-refractivity contribution in [1.82, 2.24) is 24.4 Å². The van der Waals surface area contributed by atoms with Crippen molar-refractivity contribution in [2.75, 3.05) is 39.1 Å². The highest BCUT2D eigenvalue weighted by atomic mass is 35.5. The molecule has 6 nitrogen and oxygen atoms in total. The van der Waals surface area contributed by atoms with E-state index in [0.717, 1.165) is 49.2 Å². The summed E-state index contributed by atoms with van der Waals surface area (Å²) in [6, 6.07) is 0. The zero-order valence-corrected chi connectivity index (χ0v) is 23.4. The summed E-state index contributed by atoms with van der Waals surface area (Å²) in [6.45, 7) is 16.3. The lowest BCUT2D eigenvalue weighted by atomic mass is 10.1. The van der Waals surface area contributed by atoms with E-state index in [1.807, 2.05) is 40.9 Å². The van der Waals surface area contributed by atoms with Crippen LogP contribution in [0.5, 0.6) is 0 Å². The van der Waals surface area contributed by atoms with E-state index in [4.69, 9.17) is 16.3 Å². The fraction of sp³-hybridized carbons (Fsp3) is 0.800. The molecule has 0 radical (unpaired) electrons. The van der Waals surface area contributed by atoms with Crippen molar-refractivity contribution < 1.29 is 4.74 Å². The molecule has 0 aromatic carbocycles. The van der Waals surface area contributed by atoms with Crippen LogP contribution in [-0.4, -0.2) is 63.5 Å². The van der Waals surface area contributed by atoms with Gasteiger partial charge in [-0.3, -0.25) is 4.90 Å². The van der Waals surface area contributed by atoms with Gasteiger partial charge in [0.15, 0.2) is 5.65 Å². The highest BCUT2D eigenvalue weighted by molar-refractivity contribution is 7.98. The van der Waals surface area contributed by atoms with Gasteiger partial charge in [-0.1, -0.05) is 66.2 Å².